The quantitative estimate of drug-likeness (QED) is 0.0493. The number of Topliss-reactive ketones (excluding diaryl/α,β-unsaturated/α-hetero) is 1. The average molecular weight is 1010 g/mol. The molecule has 324 valence electrons. The standard InChI is InChI=1S/C41H26Cl8N6O8/c1-15(2)13-18(36(58)52-55-39(61)22-23(40(55)62)28(45)32(49)31(48)27(22)44)50-19(56)14-53-34(17-11-7-4-8-12-17)24(35(57)41(53)63)33(16-9-5-3-6-10-16)51-54-37(59)20-21(38(54)60)26(43)30(47)29(46)25(20)42/h3-12,15,18,24,34H,13-14H2,1-2H3,(H,50,56)(H,52,58)/b51-33+/t18-,24?,34?/m0/s1. The van der Waals surface area contributed by atoms with Crippen LogP contribution in [0.25, 0.3) is 0 Å². The number of carbonyl (C=O) groups excluding carboxylic acids is 8. The van der Waals surface area contributed by atoms with Crippen LogP contribution in [0.5, 0.6) is 0 Å². The molecule has 4 aromatic carbocycles. The van der Waals surface area contributed by atoms with Gasteiger partial charge in [-0.05, 0) is 23.5 Å². The number of hydrogen-bond donors (Lipinski definition) is 2. The number of hydrogen-bond acceptors (Lipinski definition) is 9. The van der Waals surface area contributed by atoms with Crippen LogP contribution in [0.1, 0.15) is 78.9 Å². The molecule has 3 aliphatic rings. The normalized spacial score (nSPS) is 17.9. The highest BCUT2D eigenvalue weighted by Gasteiger charge is 2.53. The number of likely N-dealkylation sites (tertiary alicyclic amines) is 1. The number of halogens is 8. The number of ketones is 1. The van der Waals surface area contributed by atoms with Gasteiger partial charge in [0.05, 0.1) is 80.1 Å². The lowest BCUT2D eigenvalue weighted by atomic mass is 9.85. The molecule has 4 aromatic rings. The molecule has 0 aliphatic carbocycles. The molecule has 2 unspecified atom stereocenters. The van der Waals surface area contributed by atoms with Crippen molar-refractivity contribution >= 4 is 146 Å². The summed E-state index contributed by atoms with van der Waals surface area (Å²) in [4.78, 5) is 112. The summed E-state index contributed by atoms with van der Waals surface area (Å²) < 4.78 is 0. The molecule has 3 heterocycles. The number of carbonyl (C=O) groups is 8. The first-order valence-corrected chi connectivity index (χ1v) is 21.4. The molecule has 2 N–H and O–H groups in total. The van der Waals surface area contributed by atoms with Gasteiger partial charge in [0, 0.05) is 0 Å². The zero-order valence-electron chi connectivity index (χ0n) is 32.1. The molecule has 1 fully saturated rings. The summed E-state index contributed by atoms with van der Waals surface area (Å²) >= 11 is 49.9. The fourth-order valence-corrected chi connectivity index (χ4v) is 9.40. The zero-order chi connectivity index (χ0) is 45.9. The van der Waals surface area contributed by atoms with Crippen LogP contribution < -0.4 is 10.7 Å². The number of nitrogens with zero attached hydrogens (tertiary/aromatic N) is 4. The minimum absolute atomic E-state index is 0.0346. The summed E-state index contributed by atoms with van der Waals surface area (Å²) in [7, 11) is 0. The third-order valence-electron chi connectivity index (χ3n) is 10.2. The van der Waals surface area contributed by atoms with Gasteiger partial charge in [-0.25, -0.2) is 0 Å². The first-order valence-electron chi connectivity index (χ1n) is 18.4. The number of benzene rings is 4. The van der Waals surface area contributed by atoms with E-state index in [1.54, 1.807) is 62.4 Å². The second-order valence-electron chi connectivity index (χ2n) is 14.6. The number of hydrazine groups is 1. The van der Waals surface area contributed by atoms with Crippen LogP contribution in [-0.4, -0.2) is 80.3 Å². The highest BCUT2D eigenvalue weighted by atomic mass is 35.5. The Morgan fingerprint density at radius 1 is 0.619 bits per heavy atom. The fourth-order valence-electron chi connectivity index (χ4n) is 7.37. The summed E-state index contributed by atoms with van der Waals surface area (Å²) in [5.74, 6) is -10.2. The average Bonchev–Trinajstić information content (AvgIpc) is 3.76. The van der Waals surface area contributed by atoms with Crippen molar-refractivity contribution in [3.05, 3.63) is 134 Å². The maximum atomic E-state index is 14.3. The Hall–Kier alpha value is -4.77. The van der Waals surface area contributed by atoms with E-state index in [1.165, 1.54) is 12.1 Å². The Morgan fingerprint density at radius 3 is 1.52 bits per heavy atom. The monoisotopic (exact) mass is 1010 g/mol. The summed E-state index contributed by atoms with van der Waals surface area (Å²) in [5, 5.41) is 5.18. The molecule has 14 nitrogen and oxygen atoms in total. The van der Waals surface area contributed by atoms with Crippen molar-refractivity contribution in [3.8, 4) is 0 Å². The number of fused-ring (bicyclic) bond motifs is 2. The summed E-state index contributed by atoms with van der Waals surface area (Å²) in [5.41, 5.74) is 1.01. The van der Waals surface area contributed by atoms with Crippen molar-refractivity contribution in [2.75, 3.05) is 6.54 Å². The lowest BCUT2D eigenvalue weighted by molar-refractivity contribution is -0.142. The van der Waals surface area contributed by atoms with E-state index in [1.807, 2.05) is 0 Å². The Kier molecular flexibility index (Phi) is 13.2. The number of amides is 7. The summed E-state index contributed by atoms with van der Waals surface area (Å²) in [6.07, 6.45) is -0.0346. The van der Waals surface area contributed by atoms with Crippen LogP contribution in [0, 0.1) is 11.8 Å². The number of rotatable bonds is 11. The van der Waals surface area contributed by atoms with E-state index >= 15 is 0 Å². The fraction of sp³-hybridized carbons (Fsp3) is 0.195. The van der Waals surface area contributed by atoms with Crippen molar-refractivity contribution in [1.29, 1.82) is 0 Å². The second-order valence-corrected chi connectivity index (χ2v) is 17.6. The third-order valence-corrected chi connectivity index (χ3v) is 13.8. The topological polar surface area (TPSA) is 183 Å². The van der Waals surface area contributed by atoms with Gasteiger partial charge in [-0.15, -0.1) is 0 Å². The third kappa shape index (κ3) is 8.05. The van der Waals surface area contributed by atoms with E-state index in [0.29, 0.717) is 15.6 Å². The SMILES string of the molecule is CC(C)C[C@H](NC(=O)CN1C(=O)C(=O)C(/C(=N/N2C(=O)c3c(Cl)c(Cl)c(Cl)c(Cl)c3C2=O)c2ccccc2)C1c1ccccc1)C(=O)NN1C(=O)c2c(Cl)c(Cl)c(Cl)c(Cl)c2C1=O. The Morgan fingerprint density at radius 2 is 1.06 bits per heavy atom. The molecule has 22 heteroatoms. The van der Waals surface area contributed by atoms with Crippen molar-refractivity contribution in [3.63, 3.8) is 0 Å². The first kappa shape index (κ1) is 46.2. The Bertz CT molecular complexity index is 2660. The van der Waals surface area contributed by atoms with Crippen LogP contribution in [0.15, 0.2) is 65.8 Å². The number of hydrazone groups is 1. The van der Waals surface area contributed by atoms with Crippen LogP contribution in [0.4, 0.5) is 0 Å². The first-order chi connectivity index (χ1) is 29.8. The van der Waals surface area contributed by atoms with E-state index in [0.717, 1.165) is 4.90 Å². The van der Waals surface area contributed by atoms with Crippen LogP contribution >= 0.6 is 92.8 Å². The minimum Gasteiger partial charge on any atom is -0.343 e. The van der Waals surface area contributed by atoms with Crippen LogP contribution in [0.2, 0.25) is 40.2 Å². The Labute approximate surface area is 397 Å². The maximum Gasteiger partial charge on any atom is 0.291 e. The van der Waals surface area contributed by atoms with E-state index in [2.05, 4.69) is 15.8 Å². The van der Waals surface area contributed by atoms with Crippen molar-refractivity contribution in [2.45, 2.75) is 32.4 Å². The number of nitrogens with one attached hydrogen (secondary N) is 2. The van der Waals surface area contributed by atoms with Gasteiger partial charge in [0.15, 0.2) is 0 Å². The molecule has 1 saturated heterocycles. The molecule has 7 rings (SSSR count). The predicted molar refractivity (Wildman–Crippen MR) is 236 cm³/mol. The van der Waals surface area contributed by atoms with Gasteiger partial charge in [0.1, 0.15) is 12.6 Å². The smallest absolute Gasteiger partial charge is 0.291 e. The molecule has 3 aliphatic heterocycles. The van der Waals surface area contributed by atoms with Crippen LogP contribution in [-0.2, 0) is 19.2 Å². The van der Waals surface area contributed by atoms with Gasteiger partial charge in [0.2, 0.25) is 11.7 Å². The summed E-state index contributed by atoms with van der Waals surface area (Å²) in [6, 6.07) is 13.3. The van der Waals surface area contributed by atoms with E-state index in [9.17, 15) is 38.4 Å². The van der Waals surface area contributed by atoms with Gasteiger partial charge in [-0.1, -0.05) is 167 Å². The lowest BCUT2D eigenvalue weighted by Gasteiger charge is -2.29. The van der Waals surface area contributed by atoms with E-state index < -0.39 is 82.8 Å². The molecule has 0 bridgehead atoms. The molecule has 63 heavy (non-hydrogen) atoms. The molecular formula is C41H26Cl8N6O8. The van der Waals surface area contributed by atoms with Crippen molar-refractivity contribution < 1.29 is 38.4 Å². The van der Waals surface area contributed by atoms with Crippen molar-refractivity contribution in [2.24, 2.45) is 16.9 Å². The zero-order valence-corrected chi connectivity index (χ0v) is 38.1. The highest BCUT2D eigenvalue weighted by molar-refractivity contribution is 6.56. The largest absolute Gasteiger partial charge is 0.343 e. The van der Waals surface area contributed by atoms with Crippen molar-refractivity contribution in [1.82, 2.24) is 25.7 Å². The maximum absolute atomic E-state index is 14.3. The molecule has 0 radical (unpaired) electrons. The lowest BCUT2D eigenvalue weighted by Crippen LogP contribution is -2.55. The Balaban J connectivity index is 1.22. The predicted octanol–water partition coefficient (Wildman–Crippen LogP) is 8.54. The highest BCUT2D eigenvalue weighted by Crippen LogP contribution is 2.47. The summed E-state index contributed by atoms with van der Waals surface area (Å²) in [6.45, 7) is 2.66. The second kappa shape index (κ2) is 18.0. The van der Waals surface area contributed by atoms with E-state index in [4.69, 9.17) is 92.8 Å². The number of imide groups is 2. The van der Waals surface area contributed by atoms with Gasteiger partial charge >= 0.3 is 0 Å². The van der Waals surface area contributed by atoms with E-state index in [-0.39, 0.29) is 74.9 Å². The molecular weight excluding hydrogens is 988 g/mol. The van der Waals surface area contributed by atoms with Gasteiger partial charge in [-0.3, -0.25) is 43.8 Å². The molecule has 0 saturated carbocycles. The molecule has 7 amide bonds. The molecule has 0 aromatic heterocycles. The van der Waals surface area contributed by atoms with Gasteiger partial charge in [0.25, 0.3) is 35.4 Å². The van der Waals surface area contributed by atoms with Gasteiger partial charge in [-0.2, -0.15) is 15.1 Å². The molecule has 3 atom stereocenters. The van der Waals surface area contributed by atoms with Crippen LogP contribution in [0.3, 0.4) is 0 Å². The minimum atomic E-state index is -1.55. The molecule has 0 spiro atoms. The van der Waals surface area contributed by atoms with Gasteiger partial charge < -0.3 is 10.2 Å².